The molecule has 7 rings (SSSR count). The number of fused-ring (bicyclic) bond motifs is 2. The van der Waals surface area contributed by atoms with Crippen molar-refractivity contribution < 1.29 is 9.15 Å². The predicted octanol–water partition coefficient (Wildman–Crippen LogP) is 4.44. The van der Waals surface area contributed by atoms with Crippen LogP contribution in [0.3, 0.4) is 0 Å². The third kappa shape index (κ3) is 4.16. The van der Waals surface area contributed by atoms with E-state index in [1.54, 1.807) is 17.0 Å². The number of piperidine rings is 1. The molecule has 1 atom stereocenters. The van der Waals surface area contributed by atoms with Gasteiger partial charge in [0.2, 0.25) is 5.75 Å². The van der Waals surface area contributed by atoms with Crippen LogP contribution in [0, 0.1) is 0 Å². The first-order valence-corrected chi connectivity index (χ1v) is 13.0. The number of nitrogens with one attached hydrogen (secondary N) is 1. The van der Waals surface area contributed by atoms with Gasteiger partial charge in [-0.3, -0.25) is 4.68 Å². The van der Waals surface area contributed by atoms with Crippen LogP contribution >= 0.6 is 0 Å². The van der Waals surface area contributed by atoms with Crippen molar-refractivity contribution in [2.45, 2.75) is 31.9 Å². The van der Waals surface area contributed by atoms with Crippen LogP contribution in [0.2, 0.25) is 0 Å². The number of nitrogens with two attached hydrogens (primary N) is 1. The Morgan fingerprint density at radius 3 is 2.74 bits per heavy atom. The maximum absolute atomic E-state index is 6.33. The molecular weight excluding hydrogens is 494 g/mol. The highest BCUT2D eigenvalue weighted by Crippen LogP contribution is 2.39. The minimum absolute atomic E-state index is 0.229. The molecule has 39 heavy (non-hydrogen) atoms. The van der Waals surface area contributed by atoms with Crippen LogP contribution in [0.5, 0.6) is 5.75 Å². The topological polar surface area (TPSA) is 134 Å². The smallest absolute Gasteiger partial charge is 0.205 e. The molecule has 0 amide bonds. The summed E-state index contributed by atoms with van der Waals surface area (Å²) in [4.78, 5) is 4.41. The summed E-state index contributed by atoms with van der Waals surface area (Å²) in [7, 11) is 0. The molecule has 11 heteroatoms. The van der Waals surface area contributed by atoms with Gasteiger partial charge in [-0.25, -0.2) is 4.98 Å². The number of nitrogen functional groups attached to an aromatic ring is 1. The van der Waals surface area contributed by atoms with E-state index in [1.165, 1.54) is 0 Å². The highest BCUT2D eigenvalue weighted by molar-refractivity contribution is 5.97. The predicted molar refractivity (Wildman–Crippen MR) is 146 cm³/mol. The van der Waals surface area contributed by atoms with Crippen molar-refractivity contribution in [3.8, 4) is 28.1 Å². The molecule has 11 nitrogen and oxygen atoms in total. The van der Waals surface area contributed by atoms with Crippen molar-refractivity contribution in [1.82, 2.24) is 39.9 Å². The molecule has 5 aromatic heterocycles. The van der Waals surface area contributed by atoms with Gasteiger partial charge in [0.05, 0.1) is 23.3 Å². The first kappa shape index (κ1) is 23.4. The molecule has 6 heterocycles. The average molecular weight is 522 g/mol. The van der Waals surface area contributed by atoms with Gasteiger partial charge in [-0.05, 0) is 45.0 Å². The third-order valence-corrected chi connectivity index (χ3v) is 7.21. The van der Waals surface area contributed by atoms with E-state index in [0.29, 0.717) is 28.8 Å². The lowest BCUT2D eigenvalue weighted by Crippen LogP contribution is -2.29. The summed E-state index contributed by atoms with van der Waals surface area (Å²) in [6.07, 6.45) is 8.92. The van der Waals surface area contributed by atoms with Gasteiger partial charge in [-0.1, -0.05) is 30.3 Å². The highest BCUT2D eigenvalue weighted by atomic mass is 16.5. The standard InChI is InChI=1S/C28H27N9O2/c1-17(28-34-33-24-8-7-23(35-37(24)28)18-5-3-2-4-6-18)39-26-25-21(14-31-27(26)29)22(16-38-25)19-13-32-36(15-19)20-9-11-30-12-10-20/h2-8,13-17,20,30H,9-12H2,1H3,(H2,29,31)/t17-/m1/s1. The number of hydrogen-bond acceptors (Lipinski definition) is 9. The van der Waals surface area contributed by atoms with Crippen molar-refractivity contribution >= 4 is 22.4 Å². The van der Waals surface area contributed by atoms with Gasteiger partial charge in [-0.2, -0.15) is 14.7 Å². The molecular formula is C28H27N9O2. The van der Waals surface area contributed by atoms with Crippen LogP contribution in [-0.4, -0.2) is 47.7 Å². The second-order valence-corrected chi connectivity index (χ2v) is 9.73. The van der Waals surface area contributed by atoms with Crippen LogP contribution in [0.4, 0.5) is 5.82 Å². The quantitative estimate of drug-likeness (QED) is 0.326. The number of furan rings is 1. The average Bonchev–Trinajstić information content (AvgIpc) is 3.73. The minimum Gasteiger partial charge on any atom is -0.475 e. The molecule has 1 saturated heterocycles. The molecule has 0 unspecified atom stereocenters. The van der Waals surface area contributed by atoms with Crippen LogP contribution in [0.25, 0.3) is 39.0 Å². The van der Waals surface area contributed by atoms with E-state index >= 15 is 0 Å². The summed E-state index contributed by atoms with van der Waals surface area (Å²) in [6, 6.07) is 14.2. The van der Waals surface area contributed by atoms with Gasteiger partial charge in [0, 0.05) is 29.1 Å². The molecule has 6 aromatic rings. The molecule has 0 spiro atoms. The SMILES string of the molecule is C[C@@H](Oc1c(N)ncc2c(-c3cnn(C4CCNCC4)c3)coc12)c1nnc2ccc(-c3ccccc3)nn12. The Balaban J connectivity index is 1.21. The summed E-state index contributed by atoms with van der Waals surface area (Å²) in [5.41, 5.74) is 11.1. The summed E-state index contributed by atoms with van der Waals surface area (Å²) < 4.78 is 16.1. The molecule has 0 bridgehead atoms. The molecule has 1 aliphatic heterocycles. The monoisotopic (exact) mass is 521 g/mol. The second kappa shape index (κ2) is 9.52. The molecule has 3 N–H and O–H groups in total. The lowest BCUT2D eigenvalue weighted by Gasteiger charge is -2.22. The molecule has 1 fully saturated rings. The Morgan fingerprint density at radius 2 is 1.90 bits per heavy atom. The number of ether oxygens (including phenoxy) is 1. The number of benzene rings is 1. The largest absolute Gasteiger partial charge is 0.475 e. The fraction of sp³-hybridized carbons (Fsp3) is 0.250. The van der Waals surface area contributed by atoms with Crippen molar-refractivity contribution in [1.29, 1.82) is 0 Å². The van der Waals surface area contributed by atoms with Crippen molar-refractivity contribution in [2.24, 2.45) is 0 Å². The summed E-state index contributed by atoms with van der Waals surface area (Å²) >= 11 is 0. The van der Waals surface area contributed by atoms with Crippen LogP contribution < -0.4 is 15.8 Å². The summed E-state index contributed by atoms with van der Waals surface area (Å²) in [5, 5.41) is 22.2. The van der Waals surface area contributed by atoms with Crippen molar-refractivity contribution in [3.05, 3.63) is 73.1 Å². The van der Waals surface area contributed by atoms with Gasteiger partial charge < -0.3 is 20.2 Å². The van der Waals surface area contributed by atoms with E-state index in [2.05, 4.69) is 31.8 Å². The Bertz CT molecular complexity index is 1770. The molecule has 0 radical (unpaired) electrons. The zero-order valence-electron chi connectivity index (χ0n) is 21.4. The van der Waals surface area contributed by atoms with E-state index in [1.807, 2.05) is 60.3 Å². The number of nitrogens with zero attached hydrogens (tertiary/aromatic N) is 7. The lowest BCUT2D eigenvalue weighted by atomic mass is 10.1. The van der Waals surface area contributed by atoms with E-state index in [4.69, 9.17) is 20.0 Å². The number of anilines is 1. The number of rotatable bonds is 6. The first-order valence-electron chi connectivity index (χ1n) is 13.0. The third-order valence-electron chi connectivity index (χ3n) is 7.21. The van der Waals surface area contributed by atoms with Crippen molar-refractivity contribution in [3.63, 3.8) is 0 Å². The van der Waals surface area contributed by atoms with Crippen LogP contribution in [-0.2, 0) is 0 Å². The lowest BCUT2D eigenvalue weighted by molar-refractivity contribution is 0.214. The maximum atomic E-state index is 6.33. The second-order valence-electron chi connectivity index (χ2n) is 9.73. The summed E-state index contributed by atoms with van der Waals surface area (Å²) in [5.74, 6) is 1.12. The van der Waals surface area contributed by atoms with Crippen LogP contribution in [0.15, 0.2) is 71.7 Å². The maximum Gasteiger partial charge on any atom is 0.205 e. The fourth-order valence-electron chi connectivity index (χ4n) is 5.12. The fourth-order valence-corrected chi connectivity index (χ4v) is 5.12. The van der Waals surface area contributed by atoms with E-state index in [-0.39, 0.29) is 5.82 Å². The van der Waals surface area contributed by atoms with E-state index in [9.17, 15) is 0 Å². The first-order chi connectivity index (χ1) is 19.2. The number of aromatic nitrogens is 7. The van der Waals surface area contributed by atoms with Gasteiger partial charge in [-0.15, -0.1) is 10.2 Å². The number of hydrogen-bond donors (Lipinski definition) is 2. The molecule has 196 valence electrons. The Hall–Kier alpha value is -4.77. The Labute approximate surface area is 223 Å². The van der Waals surface area contributed by atoms with Gasteiger partial charge in [0.1, 0.15) is 6.26 Å². The normalized spacial score (nSPS) is 15.2. The minimum atomic E-state index is -0.538. The zero-order valence-corrected chi connectivity index (χ0v) is 21.4. The Kier molecular flexibility index (Phi) is 5.70. The van der Waals surface area contributed by atoms with Gasteiger partial charge in [0.15, 0.2) is 29.0 Å². The Morgan fingerprint density at radius 1 is 1.05 bits per heavy atom. The van der Waals surface area contributed by atoms with Crippen LogP contribution in [0.1, 0.15) is 37.7 Å². The van der Waals surface area contributed by atoms with Gasteiger partial charge in [0.25, 0.3) is 0 Å². The molecule has 0 saturated carbocycles. The highest BCUT2D eigenvalue weighted by Gasteiger charge is 2.23. The molecule has 1 aromatic carbocycles. The molecule has 0 aliphatic carbocycles. The van der Waals surface area contributed by atoms with Crippen molar-refractivity contribution in [2.75, 3.05) is 18.8 Å². The zero-order chi connectivity index (χ0) is 26.3. The van der Waals surface area contributed by atoms with E-state index in [0.717, 1.165) is 53.7 Å². The van der Waals surface area contributed by atoms with E-state index < -0.39 is 6.10 Å². The molecule has 1 aliphatic rings. The number of pyridine rings is 1. The summed E-state index contributed by atoms with van der Waals surface area (Å²) in [6.45, 7) is 3.88. The van der Waals surface area contributed by atoms with Gasteiger partial charge >= 0.3 is 0 Å².